The molecule has 1 unspecified atom stereocenters. The molecule has 4 bridgehead atoms. The van der Waals surface area contributed by atoms with E-state index in [9.17, 15) is 18.0 Å². The molecule has 0 radical (unpaired) electrons. The van der Waals surface area contributed by atoms with Gasteiger partial charge in [0.05, 0.1) is 11.9 Å². The molecule has 0 aliphatic heterocycles. The molecule has 0 spiro atoms. The Bertz CT molecular complexity index is 1640. The van der Waals surface area contributed by atoms with E-state index >= 15 is 0 Å². The molecule has 7 nitrogen and oxygen atoms in total. The highest BCUT2D eigenvalue weighted by atomic mass is 79.9. The van der Waals surface area contributed by atoms with E-state index in [1.807, 2.05) is 73.7 Å². The summed E-state index contributed by atoms with van der Waals surface area (Å²) >= 11 is 3.53. The Hall–Kier alpha value is -3.17. The molecule has 7 rings (SSSR count). The minimum absolute atomic E-state index is 0.151. The molecule has 4 aliphatic rings. The van der Waals surface area contributed by atoms with Crippen LogP contribution in [0.15, 0.2) is 83.3 Å². The third kappa shape index (κ3) is 7.78. The van der Waals surface area contributed by atoms with Crippen LogP contribution in [0.5, 0.6) is 0 Å². The Morgan fingerprint density at radius 2 is 1.51 bits per heavy atom. The summed E-state index contributed by atoms with van der Waals surface area (Å²) in [5.41, 5.74) is 3.70. The second-order valence-electron chi connectivity index (χ2n) is 14.2. The number of nitrogens with one attached hydrogen (secondary N) is 1. The van der Waals surface area contributed by atoms with Gasteiger partial charge in [-0.25, -0.2) is 8.42 Å². The van der Waals surface area contributed by atoms with E-state index < -0.39 is 28.5 Å². The lowest BCUT2D eigenvalue weighted by Crippen LogP contribution is -2.53. The molecule has 1 N–H and O–H groups in total. The van der Waals surface area contributed by atoms with Gasteiger partial charge in [0.2, 0.25) is 21.8 Å². The van der Waals surface area contributed by atoms with Crippen molar-refractivity contribution in [2.45, 2.75) is 76.3 Å². The molecule has 9 heteroatoms. The average molecular weight is 721 g/mol. The minimum Gasteiger partial charge on any atom is -0.354 e. The Morgan fingerprint density at radius 1 is 0.894 bits per heavy atom. The molecular weight excluding hydrogens is 674 g/mol. The summed E-state index contributed by atoms with van der Waals surface area (Å²) in [7, 11) is -3.83. The predicted octanol–water partition coefficient (Wildman–Crippen LogP) is 6.85. The van der Waals surface area contributed by atoms with Crippen molar-refractivity contribution in [3.63, 3.8) is 0 Å². The number of halogens is 1. The highest BCUT2D eigenvalue weighted by Crippen LogP contribution is 2.60. The first-order chi connectivity index (χ1) is 22.5. The van der Waals surface area contributed by atoms with Crippen molar-refractivity contribution in [1.82, 2.24) is 10.2 Å². The average Bonchev–Trinajstić information content (AvgIpc) is 3.03. The summed E-state index contributed by atoms with van der Waals surface area (Å²) in [6.45, 7) is 2.21. The first-order valence-electron chi connectivity index (χ1n) is 17.0. The van der Waals surface area contributed by atoms with Crippen LogP contribution in [0, 0.1) is 17.8 Å². The first kappa shape index (κ1) is 33.7. The van der Waals surface area contributed by atoms with E-state index in [1.165, 1.54) is 48.4 Å². The topological polar surface area (TPSA) is 86.8 Å². The molecule has 1 atom stereocenters. The number of rotatable bonds is 13. The summed E-state index contributed by atoms with van der Waals surface area (Å²) in [6, 6.07) is 24.3. The van der Waals surface area contributed by atoms with Gasteiger partial charge < -0.3 is 10.2 Å². The van der Waals surface area contributed by atoms with Gasteiger partial charge in [-0.3, -0.25) is 13.9 Å². The van der Waals surface area contributed by atoms with E-state index in [0.717, 1.165) is 46.0 Å². The number of hydrogen-bond acceptors (Lipinski definition) is 4. The largest absolute Gasteiger partial charge is 0.354 e. The summed E-state index contributed by atoms with van der Waals surface area (Å²) in [5.74, 6) is 1.72. The van der Waals surface area contributed by atoms with E-state index in [1.54, 1.807) is 4.90 Å². The van der Waals surface area contributed by atoms with Gasteiger partial charge in [-0.05, 0) is 109 Å². The monoisotopic (exact) mass is 719 g/mol. The van der Waals surface area contributed by atoms with Crippen LogP contribution in [0.3, 0.4) is 0 Å². The van der Waals surface area contributed by atoms with Crippen molar-refractivity contribution in [2.75, 3.05) is 23.7 Å². The lowest BCUT2D eigenvalue weighted by atomic mass is 9.48. The molecule has 3 aromatic rings. The molecular formula is C38H46BrN3O4S. The van der Waals surface area contributed by atoms with E-state index in [4.69, 9.17) is 0 Å². The molecule has 4 saturated carbocycles. The zero-order valence-electron chi connectivity index (χ0n) is 27.4. The van der Waals surface area contributed by atoms with Crippen LogP contribution in [0.2, 0.25) is 0 Å². The van der Waals surface area contributed by atoms with Gasteiger partial charge in [0.1, 0.15) is 12.6 Å². The fraction of sp³-hybridized carbons (Fsp3) is 0.474. The van der Waals surface area contributed by atoms with Crippen molar-refractivity contribution in [2.24, 2.45) is 17.8 Å². The number of nitrogens with zero attached hydrogens (tertiary/aromatic N) is 2. The summed E-state index contributed by atoms with van der Waals surface area (Å²) in [4.78, 5) is 29.7. The van der Waals surface area contributed by atoms with Gasteiger partial charge in [-0.1, -0.05) is 77.5 Å². The maximum absolute atomic E-state index is 14.4. The van der Waals surface area contributed by atoms with Crippen LogP contribution in [-0.2, 0) is 38.0 Å². The fourth-order valence-electron chi connectivity index (χ4n) is 8.81. The van der Waals surface area contributed by atoms with Crippen molar-refractivity contribution < 1.29 is 18.0 Å². The van der Waals surface area contributed by atoms with Crippen LogP contribution >= 0.6 is 15.9 Å². The van der Waals surface area contributed by atoms with Crippen molar-refractivity contribution in [3.8, 4) is 0 Å². The number of carbonyl (C=O) groups excluding carboxylic acids is 2. The summed E-state index contributed by atoms with van der Waals surface area (Å²) < 4.78 is 28.7. The maximum atomic E-state index is 14.4. The Balaban J connectivity index is 1.30. The molecule has 2 amide bonds. The normalized spacial score (nSPS) is 23.7. The quantitative estimate of drug-likeness (QED) is 0.210. The third-order valence-corrected chi connectivity index (χ3v) is 12.2. The zero-order chi connectivity index (χ0) is 33.2. The van der Waals surface area contributed by atoms with Crippen LogP contribution < -0.4 is 9.62 Å². The van der Waals surface area contributed by atoms with E-state index in [0.29, 0.717) is 18.7 Å². The summed E-state index contributed by atoms with van der Waals surface area (Å²) in [6.07, 6.45) is 9.94. The molecule has 0 aromatic heterocycles. The number of carbonyl (C=O) groups is 2. The highest BCUT2D eigenvalue weighted by Gasteiger charge is 2.51. The zero-order valence-corrected chi connectivity index (χ0v) is 29.8. The lowest BCUT2D eigenvalue weighted by molar-refractivity contribution is -0.140. The fourth-order valence-corrected chi connectivity index (χ4v) is 10.1. The predicted molar refractivity (Wildman–Crippen MR) is 190 cm³/mol. The molecule has 4 aliphatic carbocycles. The molecule has 0 heterocycles. The van der Waals surface area contributed by atoms with Gasteiger partial charge in [-0.2, -0.15) is 0 Å². The number of anilines is 1. The van der Waals surface area contributed by atoms with Crippen molar-refractivity contribution >= 4 is 43.5 Å². The van der Waals surface area contributed by atoms with Gasteiger partial charge in [0.15, 0.2) is 0 Å². The summed E-state index contributed by atoms with van der Waals surface area (Å²) in [5, 5.41) is 2.99. The van der Waals surface area contributed by atoms with Crippen molar-refractivity contribution in [3.05, 3.63) is 100 Å². The van der Waals surface area contributed by atoms with Gasteiger partial charge in [0, 0.05) is 24.0 Å². The molecule has 3 aromatic carbocycles. The third-order valence-electron chi connectivity index (χ3n) is 10.5. The SMILES string of the molecule is CCCNC(=O)C(Cc1ccccc1)N(Cc1cccc(Br)c1)C(=O)CN(c1ccc(C23CC4CC(CC(C4)C2)C3)cc1)S(C)(=O)=O. The van der Waals surface area contributed by atoms with E-state index in [-0.39, 0.29) is 17.9 Å². The number of sulfonamides is 1. The number of amides is 2. The highest BCUT2D eigenvalue weighted by molar-refractivity contribution is 9.10. The van der Waals surface area contributed by atoms with Crippen LogP contribution in [0.1, 0.15) is 68.6 Å². The second-order valence-corrected chi connectivity index (χ2v) is 17.0. The smallest absolute Gasteiger partial charge is 0.244 e. The number of benzene rings is 3. The Morgan fingerprint density at radius 3 is 2.09 bits per heavy atom. The standard InChI is InChI=1S/C38H46BrN3O4S/c1-3-16-40-37(44)35(21-27-8-5-4-6-9-27)41(25-28-10-7-11-33(39)20-28)36(43)26-42(47(2,45)46)34-14-12-32(13-15-34)38-22-29-17-30(23-38)19-31(18-29)24-38/h4-15,20,29-31,35H,3,16-19,21-26H2,1-2H3,(H,40,44). The van der Waals surface area contributed by atoms with Gasteiger partial charge in [0.25, 0.3) is 0 Å². The molecule has 250 valence electrons. The van der Waals surface area contributed by atoms with Crippen molar-refractivity contribution in [1.29, 1.82) is 0 Å². The van der Waals surface area contributed by atoms with Gasteiger partial charge >= 0.3 is 0 Å². The van der Waals surface area contributed by atoms with Crippen LogP contribution in [0.25, 0.3) is 0 Å². The van der Waals surface area contributed by atoms with Gasteiger partial charge in [-0.15, -0.1) is 0 Å². The lowest BCUT2D eigenvalue weighted by Gasteiger charge is -2.57. The molecule has 0 saturated heterocycles. The second kappa shape index (κ2) is 14.1. The Kier molecular flexibility index (Phi) is 10.1. The first-order valence-corrected chi connectivity index (χ1v) is 19.6. The number of hydrogen-bond donors (Lipinski definition) is 1. The molecule has 4 fully saturated rings. The maximum Gasteiger partial charge on any atom is 0.244 e. The Labute approximate surface area is 288 Å². The minimum atomic E-state index is -3.83. The van der Waals surface area contributed by atoms with Crippen LogP contribution in [0.4, 0.5) is 5.69 Å². The molecule has 47 heavy (non-hydrogen) atoms. The van der Waals surface area contributed by atoms with Crippen LogP contribution in [-0.4, -0.2) is 50.5 Å². The van der Waals surface area contributed by atoms with E-state index in [2.05, 4.69) is 33.4 Å².